The van der Waals surface area contributed by atoms with Crippen molar-refractivity contribution in [1.82, 2.24) is 10.2 Å². The van der Waals surface area contributed by atoms with Crippen LogP contribution < -0.4 is 10.2 Å². The van der Waals surface area contributed by atoms with Crippen LogP contribution in [0, 0.1) is 11.6 Å². The van der Waals surface area contributed by atoms with E-state index in [9.17, 15) is 27.1 Å². The number of aromatic nitrogens is 2. The summed E-state index contributed by atoms with van der Waals surface area (Å²) < 4.78 is 69.5. The number of aliphatic hydroxyl groups is 1. The van der Waals surface area contributed by atoms with Crippen LogP contribution in [-0.4, -0.2) is 46.2 Å². The molecule has 10 heteroatoms. The van der Waals surface area contributed by atoms with Gasteiger partial charge in [-0.05, 0) is 38.1 Å². The Balaban J connectivity index is 1.92. The SMILES string of the molecule is CC(C)N(CC(O)(CNc1cccc2[nH]ncc12)C(F)(F)F)c1cc(F)ccc1F. The number of hydrogen-bond acceptors (Lipinski definition) is 4. The molecule has 0 fully saturated rings. The topological polar surface area (TPSA) is 64.2 Å². The van der Waals surface area contributed by atoms with Crippen molar-refractivity contribution in [3.8, 4) is 0 Å². The normalized spacial score (nSPS) is 14.2. The van der Waals surface area contributed by atoms with Gasteiger partial charge in [-0.3, -0.25) is 5.10 Å². The molecule has 0 saturated heterocycles. The van der Waals surface area contributed by atoms with E-state index in [2.05, 4.69) is 15.5 Å². The van der Waals surface area contributed by atoms with E-state index < -0.39 is 42.5 Å². The molecule has 1 unspecified atom stereocenters. The van der Waals surface area contributed by atoms with Crippen LogP contribution in [0.3, 0.4) is 0 Å². The summed E-state index contributed by atoms with van der Waals surface area (Å²) in [6, 6.07) is 6.76. The highest BCUT2D eigenvalue weighted by molar-refractivity contribution is 5.90. The lowest BCUT2D eigenvalue weighted by Gasteiger charge is -2.39. The summed E-state index contributed by atoms with van der Waals surface area (Å²) in [5, 5.41) is 20.3. The maximum Gasteiger partial charge on any atom is 0.420 e. The molecular weight excluding hydrogens is 407 g/mol. The van der Waals surface area contributed by atoms with Crippen LogP contribution in [-0.2, 0) is 0 Å². The van der Waals surface area contributed by atoms with Gasteiger partial charge in [0.05, 0.1) is 30.5 Å². The first-order chi connectivity index (χ1) is 14.0. The number of hydrogen-bond donors (Lipinski definition) is 3. The molecule has 0 aliphatic carbocycles. The molecule has 1 atom stereocenters. The van der Waals surface area contributed by atoms with Crippen LogP contribution in [0.1, 0.15) is 13.8 Å². The second-order valence-electron chi connectivity index (χ2n) is 7.34. The van der Waals surface area contributed by atoms with Crippen LogP contribution in [0.25, 0.3) is 10.9 Å². The molecular formula is C20H21F5N4O. The maximum absolute atomic E-state index is 14.2. The van der Waals surface area contributed by atoms with Gasteiger partial charge < -0.3 is 15.3 Å². The summed E-state index contributed by atoms with van der Waals surface area (Å²) in [5.41, 5.74) is -2.65. The number of halogens is 5. The van der Waals surface area contributed by atoms with Crippen LogP contribution >= 0.6 is 0 Å². The molecule has 162 valence electrons. The Bertz CT molecular complexity index is 1020. The molecule has 3 rings (SSSR count). The van der Waals surface area contributed by atoms with Crippen LogP contribution in [0.2, 0.25) is 0 Å². The number of rotatable bonds is 7. The van der Waals surface area contributed by atoms with E-state index in [1.54, 1.807) is 18.2 Å². The van der Waals surface area contributed by atoms with Crippen molar-refractivity contribution >= 4 is 22.3 Å². The molecule has 0 aliphatic heterocycles. The number of anilines is 2. The van der Waals surface area contributed by atoms with E-state index in [0.29, 0.717) is 16.6 Å². The Labute approximate surface area is 169 Å². The van der Waals surface area contributed by atoms with Gasteiger partial charge in [-0.25, -0.2) is 8.78 Å². The van der Waals surface area contributed by atoms with E-state index in [1.165, 1.54) is 20.0 Å². The highest BCUT2D eigenvalue weighted by Gasteiger charge is 2.55. The quantitative estimate of drug-likeness (QED) is 0.486. The first kappa shape index (κ1) is 21.8. The van der Waals surface area contributed by atoms with Gasteiger partial charge >= 0.3 is 6.18 Å². The fourth-order valence-electron chi connectivity index (χ4n) is 3.14. The van der Waals surface area contributed by atoms with Crippen molar-refractivity contribution in [2.24, 2.45) is 0 Å². The largest absolute Gasteiger partial charge is 0.420 e. The third kappa shape index (κ3) is 4.33. The molecule has 0 bridgehead atoms. The lowest BCUT2D eigenvalue weighted by Crippen LogP contribution is -2.59. The summed E-state index contributed by atoms with van der Waals surface area (Å²) in [6.45, 7) is 1.16. The molecule has 0 amide bonds. The Morgan fingerprint density at radius 1 is 1.17 bits per heavy atom. The zero-order valence-corrected chi connectivity index (χ0v) is 16.3. The van der Waals surface area contributed by atoms with E-state index in [0.717, 1.165) is 23.1 Å². The fraction of sp³-hybridized carbons (Fsp3) is 0.350. The predicted octanol–water partition coefficient (Wildman–Crippen LogP) is 4.46. The average Bonchev–Trinajstić information content (AvgIpc) is 3.15. The Hall–Kier alpha value is -2.88. The summed E-state index contributed by atoms with van der Waals surface area (Å²) in [6.07, 6.45) is -3.59. The summed E-state index contributed by atoms with van der Waals surface area (Å²) in [4.78, 5) is 0.992. The molecule has 2 aromatic carbocycles. The third-order valence-electron chi connectivity index (χ3n) is 4.86. The number of alkyl halides is 3. The standard InChI is InChI=1S/C20H21F5N4O/c1-12(2)29(18-8-13(21)6-7-15(18)22)11-19(30,20(23,24)25)10-26-16-4-3-5-17-14(16)9-27-28-17/h3-9,12,26,30H,10-11H2,1-2H3,(H,27,28). The number of benzene rings is 2. The minimum Gasteiger partial charge on any atom is -0.381 e. The van der Waals surface area contributed by atoms with Crippen LogP contribution in [0.5, 0.6) is 0 Å². The molecule has 3 aromatic rings. The smallest absolute Gasteiger partial charge is 0.381 e. The number of nitrogens with zero attached hydrogens (tertiary/aromatic N) is 2. The van der Waals surface area contributed by atoms with Gasteiger partial charge in [0.2, 0.25) is 0 Å². The Kier molecular flexibility index (Phi) is 5.89. The molecule has 0 saturated carbocycles. The third-order valence-corrected chi connectivity index (χ3v) is 4.86. The van der Waals surface area contributed by atoms with Gasteiger partial charge in [-0.1, -0.05) is 6.07 Å². The maximum atomic E-state index is 14.2. The first-order valence-corrected chi connectivity index (χ1v) is 9.18. The number of fused-ring (bicyclic) bond motifs is 1. The van der Waals surface area contributed by atoms with Crippen molar-refractivity contribution in [3.05, 3.63) is 54.2 Å². The van der Waals surface area contributed by atoms with Crippen molar-refractivity contribution in [3.63, 3.8) is 0 Å². The number of H-pyrrole nitrogens is 1. The van der Waals surface area contributed by atoms with E-state index in [1.807, 2.05) is 0 Å². The van der Waals surface area contributed by atoms with Gasteiger partial charge in [0.15, 0.2) is 5.60 Å². The monoisotopic (exact) mass is 428 g/mol. The minimum atomic E-state index is -5.04. The number of aromatic amines is 1. The van der Waals surface area contributed by atoms with Crippen molar-refractivity contribution in [1.29, 1.82) is 0 Å². The van der Waals surface area contributed by atoms with Crippen molar-refractivity contribution < 1.29 is 27.1 Å². The fourth-order valence-corrected chi connectivity index (χ4v) is 3.14. The first-order valence-electron chi connectivity index (χ1n) is 9.18. The molecule has 3 N–H and O–H groups in total. The highest BCUT2D eigenvalue weighted by atomic mass is 19.4. The van der Waals surface area contributed by atoms with E-state index >= 15 is 0 Å². The molecule has 1 aromatic heterocycles. The van der Waals surface area contributed by atoms with Gasteiger partial charge in [-0.2, -0.15) is 18.3 Å². The van der Waals surface area contributed by atoms with Gasteiger partial charge in [0.1, 0.15) is 11.6 Å². The second-order valence-corrected chi connectivity index (χ2v) is 7.34. The molecule has 0 spiro atoms. The molecule has 0 aliphatic rings. The second kappa shape index (κ2) is 8.10. The van der Waals surface area contributed by atoms with Gasteiger partial charge in [-0.15, -0.1) is 0 Å². The number of nitrogens with one attached hydrogen (secondary N) is 2. The summed E-state index contributed by atoms with van der Waals surface area (Å²) >= 11 is 0. The predicted molar refractivity (Wildman–Crippen MR) is 104 cm³/mol. The van der Waals surface area contributed by atoms with E-state index in [4.69, 9.17) is 0 Å². The zero-order chi connectivity index (χ0) is 22.1. The van der Waals surface area contributed by atoms with E-state index in [-0.39, 0.29) is 5.69 Å². The Morgan fingerprint density at radius 2 is 1.90 bits per heavy atom. The van der Waals surface area contributed by atoms with Crippen molar-refractivity contribution in [2.75, 3.05) is 23.3 Å². The molecule has 1 heterocycles. The molecule has 5 nitrogen and oxygen atoms in total. The van der Waals surface area contributed by atoms with Gasteiger partial charge in [0.25, 0.3) is 0 Å². The highest BCUT2D eigenvalue weighted by Crippen LogP contribution is 2.35. The van der Waals surface area contributed by atoms with Crippen LogP contribution in [0.15, 0.2) is 42.6 Å². The molecule has 0 radical (unpaired) electrons. The summed E-state index contributed by atoms with van der Waals surface area (Å²) in [5.74, 6) is -1.68. The van der Waals surface area contributed by atoms with Crippen LogP contribution in [0.4, 0.5) is 33.3 Å². The lowest BCUT2D eigenvalue weighted by molar-refractivity contribution is -0.250. The van der Waals surface area contributed by atoms with Crippen molar-refractivity contribution in [2.45, 2.75) is 31.7 Å². The zero-order valence-electron chi connectivity index (χ0n) is 16.3. The molecule has 30 heavy (non-hydrogen) atoms. The minimum absolute atomic E-state index is 0.344. The summed E-state index contributed by atoms with van der Waals surface area (Å²) in [7, 11) is 0. The average molecular weight is 428 g/mol. The lowest BCUT2D eigenvalue weighted by atomic mass is 10.0. The Morgan fingerprint density at radius 3 is 2.57 bits per heavy atom. The van der Waals surface area contributed by atoms with Gasteiger partial charge in [0, 0.05) is 23.2 Å².